The predicted octanol–water partition coefficient (Wildman–Crippen LogP) is 3.35. The second kappa shape index (κ2) is 9.28. The van der Waals surface area contributed by atoms with Gasteiger partial charge in [0.1, 0.15) is 34.5 Å². The van der Waals surface area contributed by atoms with E-state index >= 15 is 4.39 Å². The molecule has 202 valence electrons. The summed E-state index contributed by atoms with van der Waals surface area (Å²) in [6.45, 7) is 7.02. The Hall–Kier alpha value is -4.09. The van der Waals surface area contributed by atoms with Crippen LogP contribution in [0.5, 0.6) is 11.5 Å². The fourth-order valence-electron chi connectivity index (χ4n) is 5.51. The summed E-state index contributed by atoms with van der Waals surface area (Å²) >= 11 is 6.79. The molecule has 3 aliphatic rings. The lowest BCUT2D eigenvalue weighted by Gasteiger charge is -2.39. The van der Waals surface area contributed by atoms with Gasteiger partial charge in [-0.15, -0.1) is 0 Å². The van der Waals surface area contributed by atoms with Crippen LogP contribution in [-0.2, 0) is 11.3 Å². The Morgan fingerprint density at radius 2 is 2.13 bits per heavy atom. The van der Waals surface area contributed by atoms with Crippen molar-refractivity contribution in [1.82, 2.24) is 24.4 Å². The number of pyridine rings is 1. The largest absolute Gasteiger partial charge is 0.507 e. The Morgan fingerprint density at radius 3 is 2.85 bits per heavy atom. The van der Waals surface area contributed by atoms with Crippen molar-refractivity contribution in [1.29, 1.82) is 0 Å². The van der Waals surface area contributed by atoms with Crippen LogP contribution in [-0.4, -0.2) is 80.6 Å². The molecule has 39 heavy (non-hydrogen) atoms. The van der Waals surface area contributed by atoms with E-state index in [1.54, 1.807) is 14.4 Å². The molecule has 1 atom stereocenters. The molecule has 2 amide bonds. The van der Waals surface area contributed by atoms with Crippen LogP contribution >= 0.6 is 11.6 Å². The number of nitrogens with one attached hydrogen (secondary N) is 1. The van der Waals surface area contributed by atoms with E-state index < -0.39 is 11.9 Å². The third-order valence-electron chi connectivity index (χ3n) is 7.44. The normalized spacial score (nSPS) is 18.6. The van der Waals surface area contributed by atoms with Crippen LogP contribution < -0.4 is 10.2 Å². The second-order valence-corrected chi connectivity index (χ2v) is 10.2. The number of fused-ring (bicyclic) bond motifs is 3. The number of carbonyl (C=O) groups excluding carboxylic acids is 2. The van der Waals surface area contributed by atoms with Crippen molar-refractivity contribution in [3.8, 4) is 28.6 Å². The van der Waals surface area contributed by atoms with Crippen LogP contribution in [0.3, 0.4) is 0 Å². The summed E-state index contributed by atoms with van der Waals surface area (Å²) in [6, 6.07) is 3.48. The minimum atomic E-state index is -0.721. The molecular weight excluding hydrogens is 527 g/mol. The highest BCUT2D eigenvalue weighted by Crippen LogP contribution is 2.45. The third kappa shape index (κ3) is 3.92. The summed E-state index contributed by atoms with van der Waals surface area (Å²) in [5.74, 6) is -1.39. The summed E-state index contributed by atoms with van der Waals surface area (Å²) in [5.41, 5.74) is 5.84. The number of hydrogen-bond acceptors (Lipinski definition) is 7. The van der Waals surface area contributed by atoms with Gasteiger partial charge in [-0.05, 0) is 25.1 Å². The monoisotopic (exact) mass is 552 g/mol. The van der Waals surface area contributed by atoms with Crippen molar-refractivity contribution in [2.75, 3.05) is 38.7 Å². The Kier molecular flexibility index (Phi) is 6.00. The average molecular weight is 553 g/mol. The van der Waals surface area contributed by atoms with E-state index in [1.165, 1.54) is 24.3 Å². The highest BCUT2D eigenvalue weighted by molar-refractivity contribution is 6.35. The molecule has 10 nitrogen and oxygen atoms in total. The van der Waals surface area contributed by atoms with Crippen molar-refractivity contribution in [3.05, 3.63) is 64.7 Å². The number of phenols is 1. The number of hydrazine groups is 1. The van der Waals surface area contributed by atoms with Crippen LogP contribution in [0.4, 0.5) is 10.1 Å². The first kappa shape index (κ1) is 25.2. The maximum absolute atomic E-state index is 15.0. The molecule has 0 saturated carbocycles. The van der Waals surface area contributed by atoms with E-state index in [-0.39, 0.29) is 70.7 Å². The van der Waals surface area contributed by atoms with Crippen molar-refractivity contribution in [2.45, 2.75) is 19.5 Å². The van der Waals surface area contributed by atoms with Gasteiger partial charge in [-0.3, -0.25) is 9.59 Å². The van der Waals surface area contributed by atoms with Crippen LogP contribution in [0.15, 0.2) is 37.1 Å². The molecule has 6 rings (SSSR count). The molecule has 1 saturated heterocycles. The van der Waals surface area contributed by atoms with Crippen LogP contribution in [0.2, 0.25) is 5.02 Å². The van der Waals surface area contributed by atoms with Gasteiger partial charge in [0.25, 0.3) is 5.91 Å². The standard InChI is InChI=1S/C27H26ClFN6O4/c1-4-19(37)33-8-9-34-16(12-33)13-39-25-21(27(34)38)26(35-11-15-10-32(3)31-23(15)14(35)2)30-24(22(25)28)20-17(29)6-5-7-18(20)36/h4-7,11,16,31,36H,1,8-10,12-13H2,2-3H3/t16-/m1/s1. The molecule has 3 aromatic rings. The number of nitrogens with zero attached hydrogens (tertiary/aromatic N) is 5. The smallest absolute Gasteiger partial charge is 0.261 e. The SMILES string of the molecule is C=CC(=O)N1CCN2C(=O)c3c(-n4cc5c(c4C)NN(C)C5)nc(-c4c(O)cccc4F)c(Cl)c3OC[C@H]2C1. The molecule has 2 aromatic heterocycles. The molecule has 0 radical (unpaired) electrons. The van der Waals surface area contributed by atoms with Gasteiger partial charge in [0.2, 0.25) is 5.91 Å². The Morgan fingerprint density at radius 1 is 1.33 bits per heavy atom. The molecule has 2 N–H and O–H groups in total. The molecule has 1 fully saturated rings. The fourth-order valence-corrected chi connectivity index (χ4v) is 5.80. The van der Waals surface area contributed by atoms with Gasteiger partial charge >= 0.3 is 0 Å². The maximum atomic E-state index is 15.0. The number of carbonyl (C=O) groups is 2. The van der Waals surface area contributed by atoms with E-state index in [9.17, 15) is 14.7 Å². The molecule has 0 unspecified atom stereocenters. The van der Waals surface area contributed by atoms with Gasteiger partial charge in [0.15, 0.2) is 11.6 Å². The van der Waals surface area contributed by atoms with Gasteiger partial charge in [0, 0.05) is 50.7 Å². The Labute approximate surface area is 228 Å². The van der Waals surface area contributed by atoms with Crippen LogP contribution in [0, 0.1) is 12.7 Å². The summed E-state index contributed by atoms with van der Waals surface area (Å²) in [7, 11) is 1.92. The number of phenolic OH excluding ortho intramolecular Hbond substituents is 1. The predicted molar refractivity (Wildman–Crippen MR) is 143 cm³/mol. The lowest BCUT2D eigenvalue weighted by atomic mass is 10.1. The number of hydrogen-bond donors (Lipinski definition) is 2. The molecule has 1 aromatic carbocycles. The average Bonchev–Trinajstić information content (AvgIpc) is 3.38. The first-order valence-electron chi connectivity index (χ1n) is 12.4. The summed E-state index contributed by atoms with van der Waals surface area (Å²) in [5, 5.41) is 12.4. The number of ether oxygens (including phenoxy) is 1. The molecule has 0 bridgehead atoms. The van der Waals surface area contributed by atoms with Crippen LogP contribution in [0.1, 0.15) is 21.6 Å². The number of amides is 2. The van der Waals surface area contributed by atoms with Crippen molar-refractivity contribution in [3.63, 3.8) is 0 Å². The first-order chi connectivity index (χ1) is 18.7. The van der Waals surface area contributed by atoms with E-state index in [4.69, 9.17) is 21.3 Å². The van der Waals surface area contributed by atoms with E-state index in [0.29, 0.717) is 13.1 Å². The zero-order valence-corrected chi connectivity index (χ0v) is 22.1. The minimum absolute atomic E-state index is 0.0458. The number of halogens is 2. The summed E-state index contributed by atoms with van der Waals surface area (Å²) in [6.07, 6.45) is 3.12. The highest BCUT2D eigenvalue weighted by Gasteiger charge is 2.40. The lowest BCUT2D eigenvalue weighted by Crippen LogP contribution is -2.57. The number of piperazine rings is 1. The maximum Gasteiger partial charge on any atom is 0.261 e. The van der Waals surface area contributed by atoms with Crippen molar-refractivity contribution in [2.24, 2.45) is 0 Å². The van der Waals surface area contributed by atoms with E-state index in [0.717, 1.165) is 16.9 Å². The van der Waals surface area contributed by atoms with Gasteiger partial charge in [-0.25, -0.2) is 14.4 Å². The number of aromatic hydroxyl groups is 1. The number of aromatic nitrogens is 2. The zero-order chi connectivity index (χ0) is 27.6. The minimum Gasteiger partial charge on any atom is -0.507 e. The quantitative estimate of drug-likeness (QED) is 0.480. The summed E-state index contributed by atoms with van der Waals surface area (Å²) < 4.78 is 23.0. The summed E-state index contributed by atoms with van der Waals surface area (Å²) in [4.78, 5) is 34.4. The molecule has 12 heteroatoms. The molecule has 0 spiro atoms. The second-order valence-electron chi connectivity index (χ2n) is 9.84. The molecular formula is C27H26ClFN6O4. The number of benzene rings is 1. The van der Waals surface area contributed by atoms with Gasteiger partial charge in [0.05, 0.1) is 17.3 Å². The molecule has 0 aliphatic carbocycles. The van der Waals surface area contributed by atoms with Gasteiger partial charge in [-0.2, -0.15) is 0 Å². The number of anilines is 1. The fraction of sp³-hybridized carbons (Fsp3) is 0.296. The third-order valence-corrected chi connectivity index (χ3v) is 7.79. The van der Waals surface area contributed by atoms with E-state index in [1.807, 2.05) is 25.2 Å². The first-order valence-corrected chi connectivity index (χ1v) is 12.8. The van der Waals surface area contributed by atoms with E-state index in [2.05, 4.69) is 12.0 Å². The van der Waals surface area contributed by atoms with Crippen molar-refractivity contribution >= 4 is 29.1 Å². The topological polar surface area (TPSA) is 103 Å². The van der Waals surface area contributed by atoms with Crippen molar-refractivity contribution < 1.29 is 23.8 Å². The van der Waals surface area contributed by atoms with Crippen LogP contribution in [0.25, 0.3) is 17.1 Å². The highest BCUT2D eigenvalue weighted by atomic mass is 35.5. The zero-order valence-electron chi connectivity index (χ0n) is 21.4. The number of rotatable bonds is 3. The Balaban J connectivity index is 1.56. The lowest BCUT2D eigenvalue weighted by molar-refractivity contribution is -0.128. The van der Waals surface area contributed by atoms with Gasteiger partial charge < -0.3 is 29.6 Å². The molecule has 5 heterocycles. The van der Waals surface area contributed by atoms with Gasteiger partial charge in [-0.1, -0.05) is 24.2 Å². The molecule has 3 aliphatic heterocycles. The Bertz CT molecular complexity index is 1540.